The van der Waals surface area contributed by atoms with E-state index in [-0.39, 0.29) is 35.9 Å². The first kappa shape index (κ1) is 16.7. The summed E-state index contributed by atoms with van der Waals surface area (Å²) in [6, 6.07) is 0. The van der Waals surface area contributed by atoms with Crippen LogP contribution < -0.4 is 5.56 Å². The van der Waals surface area contributed by atoms with Crippen LogP contribution in [0.3, 0.4) is 0 Å². The molecule has 0 fully saturated rings. The van der Waals surface area contributed by atoms with E-state index >= 15 is 0 Å². The van der Waals surface area contributed by atoms with E-state index in [4.69, 9.17) is 9.26 Å². The fourth-order valence-electron chi connectivity index (χ4n) is 2.15. The Balaban J connectivity index is 2.42. The van der Waals surface area contributed by atoms with Crippen molar-refractivity contribution in [2.45, 2.75) is 27.3 Å². The number of hydrogen-bond donors (Lipinski definition) is 0. The van der Waals surface area contributed by atoms with Gasteiger partial charge in [-0.25, -0.2) is 9.78 Å². The van der Waals surface area contributed by atoms with E-state index in [0.29, 0.717) is 13.1 Å². The lowest BCUT2D eigenvalue weighted by Crippen LogP contribution is -2.36. The Labute approximate surface area is 131 Å². The van der Waals surface area contributed by atoms with Gasteiger partial charge < -0.3 is 14.2 Å². The van der Waals surface area contributed by atoms with Crippen LogP contribution in [0, 0.1) is 0 Å². The Morgan fingerprint density at radius 2 is 2.00 bits per heavy atom. The molecule has 9 heteroatoms. The fourth-order valence-corrected chi connectivity index (χ4v) is 2.15. The number of fused-ring (bicyclic) bond motifs is 1. The zero-order chi connectivity index (χ0) is 17.0. The van der Waals surface area contributed by atoms with E-state index in [1.165, 1.54) is 6.33 Å². The highest BCUT2D eigenvalue weighted by Crippen LogP contribution is 2.12. The molecule has 0 saturated carbocycles. The lowest BCUT2D eigenvalue weighted by molar-refractivity contribution is -0.131. The molecular formula is C14H18N4O5. The van der Waals surface area contributed by atoms with Gasteiger partial charge in [-0.2, -0.15) is 0 Å². The molecule has 2 rings (SSSR count). The molecule has 0 unspecified atom stereocenters. The van der Waals surface area contributed by atoms with Gasteiger partial charge in [0.05, 0.1) is 6.61 Å². The monoisotopic (exact) mass is 322 g/mol. The van der Waals surface area contributed by atoms with Crippen LogP contribution in [0.4, 0.5) is 0 Å². The lowest BCUT2D eigenvalue weighted by Gasteiger charge is -2.18. The molecule has 2 heterocycles. The SMILES string of the molecule is CCOC(=O)c1noc2ncn(CC(=O)N(CC)CC)c(=O)c12. The second-order valence-electron chi connectivity index (χ2n) is 4.68. The number of carbonyl (C=O) groups is 2. The summed E-state index contributed by atoms with van der Waals surface area (Å²) in [4.78, 5) is 42.0. The normalized spacial score (nSPS) is 10.7. The van der Waals surface area contributed by atoms with Crippen molar-refractivity contribution in [2.24, 2.45) is 0 Å². The third-order valence-electron chi connectivity index (χ3n) is 3.35. The number of aromatic nitrogens is 3. The highest BCUT2D eigenvalue weighted by molar-refractivity contribution is 5.99. The largest absolute Gasteiger partial charge is 0.461 e. The third kappa shape index (κ3) is 3.22. The maximum Gasteiger partial charge on any atom is 0.361 e. The van der Waals surface area contributed by atoms with Gasteiger partial charge in [0.1, 0.15) is 18.3 Å². The molecule has 0 aliphatic rings. The minimum atomic E-state index is -0.766. The number of amides is 1. The summed E-state index contributed by atoms with van der Waals surface area (Å²) in [5.41, 5.74) is -0.867. The van der Waals surface area contributed by atoms with Crippen molar-refractivity contribution in [2.75, 3.05) is 19.7 Å². The molecule has 0 radical (unpaired) electrons. The molecule has 0 spiro atoms. The minimum Gasteiger partial charge on any atom is -0.461 e. The Hall–Kier alpha value is -2.71. The standard InChI is InChI=1S/C14H18N4O5/c1-4-17(5-2)9(19)7-18-8-15-12-10(13(18)20)11(16-23-12)14(21)22-6-3/h8H,4-7H2,1-3H3. The molecule has 0 aromatic carbocycles. The summed E-state index contributed by atoms with van der Waals surface area (Å²) >= 11 is 0. The van der Waals surface area contributed by atoms with Crippen LogP contribution in [0.1, 0.15) is 31.3 Å². The van der Waals surface area contributed by atoms with E-state index in [1.807, 2.05) is 13.8 Å². The van der Waals surface area contributed by atoms with Crippen LogP contribution in [0.15, 0.2) is 15.6 Å². The predicted octanol–water partition coefficient (Wildman–Crippen LogP) is 0.430. The van der Waals surface area contributed by atoms with Gasteiger partial charge in [-0.05, 0) is 20.8 Å². The summed E-state index contributed by atoms with van der Waals surface area (Å²) in [7, 11) is 0. The summed E-state index contributed by atoms with van der Waals surface area (Å²) in [6.45, 7) is 6.40. The van der Waals surface area contributed by atoms with Crippen LogP contribution in [0.2, 0.25) is 0 Å². The second-order valence-corrected chi connectivity index (χ2v) is 4.68. The summed E-state index contributed by atoms with van der Waals surface area (Å²) < 4.78 is 10.8. The molecule has 0 aliphatic heterocycles. The number of rotatable bonds is 6. The molecule has 0 aliphatic carbocycles. The molecule has 9 nitrogen and oxygen atoms in total. The zero-order valence-corrected chi connectivity index (χ0v) is 13.2. The first-order valence-electron chi connectivity index (χ1n) is 7.33. The van der Waals surface area contributed by atoms with E-state index in [1.54, 1.807) is 11.8 Å². The van der Waals surface area contributed by atoms with Crippen LogP contribution in [-0.2, 0) is 16.1 Å². The van der Waals surface area contributed by atoms with E-state index < -0.39 is 11.5 Å². The Morgan fingerprint density at radius 3 is 2.61 bits per heavy atom. The van der Waals surface area contributed by atoms with Crippen molar-refractivity contribution in [1.29, 1.82) is 0 Å². The van der Waals surface area contributed by atoms with Crippen molar-refractivity contribution in [3.05, 3.63) is 22.4 Å². The van der Waals surface area contributed by atoms with Gasteiger partial charge >= 0.3 is 5.97 Å². The average Bonchev–Trinajstić information content (AvgIpc) is 2.96. The van der Waals surface area contributed by atoms with E-state index in [0.717, 1.165) is 4.57 Å². The van der Waals surface area contributed by atoms with Crippen molar-refractivity contribution >= 4 is 23.0 Å². The van der Waals surface area contributed by atoms with Gasteiger partial charge in [-0.15, -0.1) is 0 Å². The highest BCUT2D eigenvalue weighted by Gasteiger charge is 2.23. The highest BCUT2D eigenvalue weighted by atomic mass is 16.5. The van der Waals surface area contributed by atoms with Crippen molar-refractivity contribution < 1.29 is 18.8 Å². The topological polar surface area (TPSA) is 108 Å². The van der Waals surface area contributed by atoms with Crippen LogP contribution in [0.25, 0.3) is 11.1 Å². The molecule has 2 aromatic rings. The average molecular weight is 322 g/mol. The Bertz CT molecular complexity index is 775. The van der Waals surface area contributed by atoms with Gasteiger partial charge in [0.15, 0.2) is 0 Å². The van der Waals surface area contributed by atoms with Gasteiger partial charge in [-0.1, -0.05) is 5.16 Å². The number of nitrogens with zero attached hydrogens (tertiary/aromatic N) is 4. The quantitative estimate of drug-likeness (QED) is 0.710. The first-order chi connectivity index (χ1) is 11.0. The maximum absolute atomic E-state index is 12.5. The summed E-state index contributed by atoms with van der Waals surface area (Å²) in [5, 5.41) is 3.46. The fraction of sp³-hybridized carbons (Fsp3) is 0.500. The van der Waals surface area contributed by atoms with Gasteiger partial charge in [0.2, 0.25) is 11.6 Å². The summed E-state index contributed by atoms with van der Waals surface area (Å²) in [6.07, 6.45) is 1.20. The van der Waals surface area contributed by atoms with Crippen LogP contribution in [-0.4, -0.2) is 51.2 Å². The molecule has 1 amide bonds. The molecule has 124 valence electrons. The van der Waals surface area contributed by atoms with Crippen molar-refractivity contribution in [1.82, 2.24) is 19.6 Å². The molecule has 0 N–H and O–H groups in total. The van der Waals surface area contributed by atoms with Gasteiger partial charge in [0.25, 0.3) is 11.3 Å². The van der Waals surface area contributed by atoms with Gasteiger partial charge in [0, 0.05) is 13.1 Å². The molecule has 2 aromatic heterocycles. The molecular weight excluding hydrogens is 304 g/mol. The third-order valence-corrected chi connectivity index (χ3v) is 3.35. The first-order valence-corrected chi connectivity index (χ1v) is 7.33. The molecule has 0 bridgehead atoms. The molecule has 0 saturated heterocycles. The zero-order valence-electron chi connectivity index (χ0n) is 13.2. The minimum absolute atomic E-state index is 0.0652. The second kappa shape index (κ2) is 7.03. The van der Waals surface area contributed by atoms with E-state index in [9.17, 15) is 14.4 Å². The van der Waals surface area contributed by atoms with Crippen molar-refractivity contribution in [3.63, 3.8) is 0 Å². The molecule has 0 atom stereocenters. The number of carbonyl (C=O) groups excluding carboxylic acids is 2. The predicted molar refractivity (Wildman–Crippen MR) is 79.9 cm³/mol. The summed E-state index contributed by atoms with van der Waals surface area (Å²) in [5.74, 6) is -0.981. The number of hydrogen-bond acceptors (Lipinski definition) is 7. The van der Waals surface area contributed by atoms with Crippen LogP contribution in [0.5, 0.6) is 0 Å². The Kier molecular flexibility index (Phi) is 5.09. The maximum atomic E-state index is 12.5. The Morgan fingerprint density at radius 1 is 1.30 bits per heavy atom. The van der Waals surface area contributed by atoms with E-state index in [2.05, 4.69) is 10.1 Å². The number of esters is 1. The van der Waals surface area contributed by atoms with Crippen molar-refractivity contribution in [3.8, 4) is 0 Å². The van der Waals surface area contributed by atoms with Crippen LogP contribution >= 0.6 is 0 Å². The lowest BCUT2D eigenvalue weighted by atomic mass is 10.3. The smallest absolute Gasteiger partial charge is 0.361 e. The number of likely N-dealkylation sites (N-methyl/N-ethyl adjacent to an activating group) is 1. The molecule has 23 heavy (non-hydrogen) atoms. The van der Waals surface area contributed by atoms with Gasteiger partial charge in [-0.3, -0.25) is 14.2 Å². The number of ether oxygens (including phenoxy) is 1.